The first-order valence-corrected chi connectivity index (χ1v) is 6.95. The molecule has 1 aliphatic carbocycles. The van der Waals surface area contributed by atoms with Gasteiger partial charge in [0.05, 0.1) is 12.5 Å². The van der Waals surface area contributed by atoms with Gasteiger partial charge >= 0.3 is 5.97 Å². The number of esters is 1. The molecule has 0 heterocycles. The van der Waals surface area contributed by atoms with Gasteiger partial charge in [-0.3, -0.25) is 4.79 Å². The fourth-order valence-corrected chi connectivity index (χ4v) is 2.63. The molecule has 0 radical (unpaired) electrons. The highest BCUT2D eigenvalue weighted by molar-refractivity contribution is 5.88. The lowest BCUT2D eigenvalue weighted by atomic mass is 9.83. The first-order valence-electron chi connectivity index (χ1n) is 6.95. The van der Waals surface area contributed by atoms with Crippen molar-refractivity contribution in [2.45, 2.75) is 58.5 Å². The Hall–Kier alpha value is -1.10. The molecule has 110 valence electrons. The number of nitrogens with two attached hydrogens (primary N) is 1. The summed E-state index contributed by atoms with van der Waals surface area (Å²) in [6.45, 7) is 5.89. The van der Waals surface area contributed by atoms with E-state index >= 15 is 0 Å². The van der Waals surface area contributed by atoms with Gasteiger partial charge in [-0.25, -0.2) is 4.79 Å². The van der Waals surface area contributed by atoms with Gasteiger partial charge in [0.1, 0.15) is 6.04 Å². The van der Waals surface area contributed by atoms with Crippen molar-refractivity contribution in [3.63, 3.8) is 0 Å². The molecule has 5 heteroatoms. The topological polar surface area (TPSA) is 81.4 Å². The van der Waals surface area contributed by atoms with E-state index in [1.165, 1.54) is 7.11 Å². The van der Waals surface area contributed by atoms with Crippen LogP contribution in [0.25, 0.3) is 0 Å². The van der Waals surface area contributed by atoms with Crippen LogP contribution in [0.3, 0.4) is 0 Å². The van der Waals surface area contributed by atoms with E-state index in [0.29, 0.717) is 12.3 Å². The fourth-order valence-electron chi connectivity index (χ4n) is 2.63. The minimum Gasteiger partial charge on any atom is -0.467 e. The van der Waals surface area contributed by atoms with E-state index in [4.69, 9.17) is 10.5 Å². The second-order valence-electron chi connectivity index (χ2n) is 6.09. The zero-order chi connectivity index (χ0) is 14.6. The molecular formula is C14H26N2O3. The van der Waals surface area contributed by atoms with Gasteiger partial charge in [-0.15, -0.1) is 0 Å². The number of hydrogen-bond donors (Lipinski definition) is 2. The van der Waals surface area contributed by atoms with E-state index in [2.05, 4.69) is 5.32 Å². The van der Waals surface area contributed by atoms with Crippen molar-refractivity contribution in [3.8, 4) is 0 Å². The van der Waals surface area contributed by atoms with Crippen molar-refractivity contribution in [2.24, 2.45) is 17.1 Å². The lowest BCUT2D eigenvalue weighted by Crippen LogP contribution is -2.52. The summed E-state index contributed by atoms with van der Waals surface area (Å²) in [5.74, 6) is -0.222. The Labute approximate surface area is 115 Å². The molecule has 3 N–H and O–H groups in total. The van der Waals surface area contributed by atoms with Crippen molar-refractivity contribution in [1.82, 2.24) is 5.32 Å². The van der Waals surface area contributed by atoms with Crippen LogP contribution in [-0.2, 0) is 14.3 Å². The van der Waals surface area contributed by atoms with Crippen LogP contribution in [0.15, 0.2) is 0 Å². The highest BCUT2D eigenvalue weighted by atomic mass is 16.5. The van der Waals surface area contributed by atoms with E-state index in [1.54, 1.807) is 0 Å². The number of carbonyl (C=O) groups excluding carboxylic acids is 2. The molecule has 1 fully saturated rings. The number of rotatable bonds is 5. The molecule has 0 saturated heterocycles. The van der Waals surface area contributed by atoms with Gasteiger partial charge in [0, 0.05) is 6.04 Å². The SMILES string of the molecule is COC(=O)[C@H](CC(C)C)NC(=O)C1(C)CCCC1N. The molecular weight excluding hydrogens is 244 g/mol. The molecule has 0 spiro atoms. The predicted molar refractivity (Wildman–Crippen MR) is 73.3 cm³/mol. The summed E-state index contributed by atoms with van der Waals surface area (Å²) in [5, 5.41) is 2.82. The van der Waals surface area contributed by atoms with Crippen LogP contribution in [0.2, 0.25) is 0 Å². The van der Waals surface area contributed by atoms with E-state index in [9.17, 15) is 9.59 Å². The van der Waals surface area contributed by atoms with E-state index in [0.717, 1.165) is 19.3 Å². The average molecular weight is 270 g/mol. The Bertz CT molecular complexity index is 344. The maximum atomic E-state index is 12.4. The Morgan fingerprint density at radius 1 is 1.47 bits per heavy atom. The Balaban J connectivity index is 2.73. The fraction of sp³-hybridized carbons (Fsp3) is 0.857. The molecule has 3 atom stereocenters. The molecule has 0 bridgehead atoms. The molecule has 5 nitrogen and oxygen atoms in total. The van der Waals surface area contributed by atoms with Gasteiger partial charge in [0.2, 0.25) is 5.91 Å². The van der Waals surface area contributed by atoms with Crippen LogP contribution in [0.4, 0.5) is 0 Å². The largest absolute Gasteiger partial charge is 0.467 e. The molecule has 19 heavy (non-hydrogen) atoms. The van der Waals surface area contributed by atoms with Crippen molar-refractivity contribution in [2.75, 3.05) is 7.11 Å². The van der Waals surface area contributed by atoms with Gasteiger partial charge in [-0.05, 0) is 32.1 Å². The molecule has 0 aromatic heterocycles. The summed E-state index contributed by atoms with van der Waals surface area (Å²) in [4.78, 5) is 24.1. The van der Waals surface area contributed by atoms with Crippen LogP contribution in [0.1, 0.15) is 46.5 Å². The van der Waals surface area contributed by atoms with E-state index in [1.807, 2.05) is 20.8 Å². The van der Waals surface area contributed by atoms with Crippen molar-refractivity contribution < 1.29 is 14.3 Å². The third kappa shape index (κ3) is 3.69. The van der Waals surface area contributed by atoms with Crippen molar-refractivity contribution >= 4 is 11.9 Å². The van der Waals surface area contributed by atoms with Gasteiger partial charge in [-0.2, -0.15) is 0 Å². The minimum atomic E-state index is -0.581. The predicted octanol–water partition coefficient (Wildman–Crippen LogP) is 1.21. The van der Waals surface area contributed by atoms with Crippen LogP contribution in [-0.4, -0.2) is 31.1 Å². The monoisotopic (exact) mass is 270 g/mol. The summed E-state index contributed by atoms with van der Waals surface area (Å²) in [7, 11) is 1.34. The van der Waals surface area contributed by atoms with E-state index in [-0.39, 0.29) is 11.9 Å². The third-order valence-corrected chi connectivity index (χ3v) is 4.05. The quantitative estimate of drug-likeness (QED) is 0.736. The minimum absolute atomic E-state index is 0.131. The molecule has 0 aliphatic heterocycles. The number of amides is 1. The molecule has 1 amide bonds. The Morgan fingerprint density at radius 2 is 2.11 bits per heavy atom. The molecule has 1 saturated carbocycles. The van der Waals surface area contributed by atoms with E-state index < -0.39 is 17.4 Å². The number of nitrogens with one attached hydrogen (secondary N) is 1. The maximum Gasteiger partial charge on any atom is 0.328 e. The van der Waals surface area contributed by atoms with Crippen molar-refractivity contribution in [3.05, 3.63) is 0 Å². The molecule has 1 aliphatic rings. The Morgan fingerprint density at radius 3 is 2.53 bits per heavy atom. The normalized spacial score (nSPS) is 28.2. The first-order chi connectivity index (χ1) is 8.81. The summed E-state index contributed by atoms with van der Waals surface area (Å²) in [5.41, 5.74) is 5.46. The third-order valence-electron chi connectivity index (χ3n) is 4.05. The number of methoxy groups -OCH3 is 1. The average Bonchev–Trinajstić information content (AvgIpc) is 2.68. The first kappa shape index (κ1) is 16.0. The summed E-state index contributed by atoms with van der Waals surface area (Å²) in [6.07, 6.45) is 3.16. The van der Waals surface area contributed by atoms with Crippen LogP contribution < -0.4 is 11.1 Å². The van der Waals surface area contributed by atoms with Crippen LogP contribution in [0, 0.1) is 11.3 Å². The number of carbonyl (C=O) groups is 2. The standard InChI is InChI=1S/C14H26N2O3/c1-9(2)8-10(12(17)19-4)16-13(18)14(3)7-5-6-11(14)15/h9-11H,5-8,15H2,1-4H3,(H,16,18)/t10-,11?,14?/m0/s1. The second kappa shape index (κ2) is 6.37. The van der Waals surface area contributed by atoms with Gasteiger partial charge < -0.3 is 15.8 Å². The highest BCUT2D eigenvalue weighted by Gasteiger charge is 2.44. The summed E-state index contributed by atoms with van der Waals surface area (Å²) < 4.78 is 4.75. The summed E-state index contributed by atoms with van der Waals surface area (Å²) >= 11 is 0. The van der Waals surface area contributed by atoms with Crippen LogP contribution >= 0.6 is 0 Å². The molecule has 1 rings (SSSR count). The Kier molecular flexibility index (Phi) is 5.35. The molecule has 0 aromatic rings. The number of ether oxygens (including phenoxy) is 1. The highest BCUT2D eigenvalue weighted by Crippen LogP contribution is 2.37. The zero-order valence-corrected chi connectivity index (χ0v) is 12.4. The second-order valence-corrected chi connectivity index (χ2v) is 6.09. The lowest BCUT2D eigenvalue weighted by molar-refractivity contribution is -0.147. The zero-order valence-electron chi connectivity index (χ0n) is 12.4. The van der Waals surface area contributed by atoms with Crippen molar-refractivity contribution in [1.29, 1.82) is 0 Å². The molecule has 0 aromatic carbocycles. The molecule has 2 unspecified atom stereocenters. The van der Waals surface area contributed by atoms with Crippen LogP contribution in [0.5, 0.6) is 0 Å². The van der Waals surface area contributed by atoms with Gasteiger partial charge in [-0.1, -0.05) is 20.3 Å². The lowest BCUT2D eigenvalue weighted by Gasteiger charge is -2.30. The number of hydrogen-bond acceptors (Lipinski definition) is 4. The van der Waals surface area contributed by atoms with Gasteiger partial charge in [0.15, 0.2) is 0 Å². The van der Waals surface area contributed by atoms with Gasteiger partial charge in [0.25, 0.3) is 0 Å². The maximum absolute atomic E-state index is 12.4. The summed E-state index contributed by atoms with van der Waals surface area (Å²) in [6, 6.07) is -0.716. The smallest absolute Gasteiger partial charge is 0.328 e.